The van der Waals surface area contributed by atoms with Crippen LogP contribution in [-0.2, 0) is 16.1 Å². The normalized spacial score (nSPS) is 17.1. The third-order valence-corrected chi connectivity index (χ3v) is 4.11. The molecule has 8 nitrogen and oxygen atoms in total. The third-order valence-electron chi connectivity index (χ3n) is 4.11. The first-order chi connectivity index (χ1) is 10.6. The molecule has 0 bridgehead atoms. The maximum atomic E-state index is 12.0. The van der Waals surface area contributed by atoms with E-state index in [9.17, 15) is 9.59 Å². The zero-order valence-corrected chi connectivity index (χ0v) is 12.6. The highest BCUT2D eigenvalue weighted by Gasteiger charge is 2.21. The fourth-order valence-electron chi connectivity index (χ4n) is 3.05. The second kappa shape index (κ2) is 8.45. The van der Waals surface area contributed by atoms with Gasteiger partial charge in [0.25, 0.3) is 0 Å². The first-order valence-corrected chi connectivity index (χ1v) is 7.85. The molecule has 1 aromatic rings. The number of nitrogens with zero attached hydrogens (tertiary/aromatic N) is 4. The molecule has 2 rings (SSSR count). The SMILES string of the molecule is O=C(O)CCC(CC1CCCCC1)NC(=O)Cn1cnnn1. The molecule has 22 heavy (non-hydrogen) atoms. The zero-order valence-electron chi connectivity index (χ0n) is 12.6. The van der Waals surface area contributed by atoms with Crippen molar-refractivity contribution in [3.8, 4) is 0 Å². The van der Waals surface area contributed by atoms with E-state index in [-0.39, 0.29) is 24.9 Å². The first-order valence-electron chi connectivity index (χ1n) is 7.85. The predicted molar refractivity (Wildman–Crippen MR) is 77.8 cm³/mol. The van der Waals surface area contributed by atoms with Crippen molar-refractivity contribution in [1.82, 2.24) is 25.5 Å². The van der Waals surface area contributed by atoms with Gasteiger partial charge in [0, 0.05) is 12.5 Å². The van der Waals surface area contributed by atoms with Gasteiger partial charge in [0.2, 0.25) is 5.91 Å². The number of aliphatic carboxylic acids is 1. The van der Waals surface area contributed by atoms with E-state index in [1.165, 1.54) is 43.1 Å². The van der Waals surface area contributed by atoms with Gasteiger partial charge in [-0.15, -0.1) is 5.10 Å². The highest BCUT2D eigenvalue weighted by molar-refractivity contribution is 5.76. The molecule has 1 atom stereocenters. The monoisotopic (exact) mass is 309 g/mol. The predicted octanol–water partition coefficient (Wildman–Crippen LogP) is 0.993. The number of rotatable bonds is 8. The van der Waals surface area contributed by atoms with Crippen LogP contribution in [-0.4, -0.2) is 43.2 Å². The fraction of sp³-hybridized carbons (Fsp3) is 0.786. The molecular weight excluding hydrogens is 286 g/mol. The van der Waals surface area contributed by atoms with E-state index in [4.69, 9.17) is 5.11 Å². The van der Waals surface area contributed by atoms with Crippen molar-refractivity contribution in [2.75, 3.05) is 0 Å². The van der Waals surface area contributed by atoms with E-state index in [1.807, 2.05) is 0 Å². The van der Waals surface area contributed by atoms with E-state index in [0.717, 1.165) is 6.42 Å². The molecule has 1 aliphatic rings. The lowest BCUT2D eigenvalue weighted by molar-refractivity contribution is -0.137. The van der Waals surface area contributed by atoms with Gasteiger partial charge in [0.1, 0.15) is 12.9 Å². The summed E-state index contributed by atoms with van der Waals surface area (Å²) >= 11 is 0. The topological polar surface area (TPSA) is 110 Å². The van der Waals surface area contributed by atoms with Gasteiger partial charge >= 0.3 is 5.97 Å². The number of nitrogens with one attached hydrogen (secondary N) is 1. The highest BCUT2D eigenvalue weighted by Crippen LogP contribution is 2.28. The summed E-state index contributed by atoms with van der Waals surface area (Å²) in [5, 5.41) is 22.4. The fourth-order valence-corrected chi connectivity index (χ4v) is 3.05. The molecule has 2 N–H and O–H groups in total. The minimum Gasteiger partial charge on any atom is -0.481 e. The van der Waals surface area contributed by atoms with Crippen molar-refractivity contribution in [3.05, 3.63) is 6.33 Å². The lowest BCUT2D eigenvalue weighted by Crippen LogP contribution is -2.39. The molecule has 122 valence electrons. The van der Waals surface area contributed by atoms with Crippen LogP contribution in [0.25, 0.3) is 0 Å². The molecule has 1 unspecified atom stereocenters. The molecule has 0 aromatic carbocycles. The van der Waals surface area contributed by atoms with Gasteiger partial charge < -0.3 is 10.4 Å². The molecule has 1 amide bonds. The molecule has 1 aliphatic carbocycles. The molecule has 0 radical (unpaired) electrons. The summed E-state index contributed by atoms with van der Waals surface area (Å²) in [6.07, 6.45) is 8.86. The number of hydrogen-bond donors (Lipinski definition) is 2. The number of carboxylic acids is 1. The van der Waals surface area contributed by atoms with E-state index in [1.54, 1.807) is 0 Å². The van der Waals surface area contributed by atoms with Gasteiger partial charge in [-0.1, -0.05) is 32.1 Å². The molecular formula is C14H23N5O3. The van der Waals surface area contributed by atoms with E-state index in [2.05, 4.69) is 20.8 Å². The second-order valence-electron chi connectivity index (χ2n) is 5.94. The Hall–Kier alpha value is -1.99. The standard InChI is InChI=1S/C14H23N5O3/c20-13(9-19-10-15-17-18-19)16-12(6-7-14(21)22)8-11-4-2-1-3-5-11/h10-12H,1-9H2,(H,16,20)(H,21,22). The van der Waals surface area contributed by atoms with Crippen LogP contribution in [0.4, 0.5) is 0 Å². The van der Waals surface area contributed by atoms with Crippen LogP contribution < -0.4 is 5.32 Å². The summed E-state index contributed by atoms with van der Waals surface area (Å²) in [6.45, 7) is 0.0568. The summed E-state index contributed by atoms with van der Waals surface area (Å²) in [5.74, 6) is -0.428. The average molecular weight is 309 g/mol. The summed E-state index contributed by atoms with van der Waals surface area (Å²) < 4.78 is 1.35. The van der Waals surface area contributed by atoms with Crippen molar-refractivity contribution in [2.45, 2.75) is 64.0 Å². The Morgan fingerprint density at radius 2 is 2.09 bits per heavy atom. The van der Waals surface area contributed by atoms with Gasteiger partial charge in [0.15, 0.2) is 0 Å². The van der Waals surface area contributed by atoms with Crippen LogP contribution in [0.15, 0.2) is 6.33 Å². The van der Waals surface area contributed by atoms with Crippen molar-refractivity contribution in [2.24, 2.45) is 5.92 Å². The maximum Gasteiger partial charge on any atom is 0.303 e. The minimum absolute atomic E-state index is 0.0568. The Labute approximate surface area is 129 Å². The molecule has 0 spiro atoms. The smallest absolute Gasteiger partial charge is 0.303 e. The van der Waals surface area contributed by atoms with Gasteiger partial charge in [-0.3, -0.25) is 9.59 Å². The molecule has 1 saturated carbocycles. The lowest BCUT2D eigenvalue weighted by Gasteiger charge is -2.27. The van der Waals surface area contributed by atoms with Crippen LogP contribution in [0, 0.1) is 5.92 Å². The number of carbonyl (C=O) groups is 2. The second-order valence-corrected chi connectivity index (χ2v) is 5.94. The van der Waals surface area contributed by atoms with E-state index >= 15 is 0 Å². The number of tetrazole rings is 1. The zero-order chi connectivity index (χ0) is 15.8. The summed E-state index contributed by atoms with van der Waals surface area (Å²) in [6, 6.07) is -0.0943. The number of aromatic nitrogens is 4. The Balaban J connectivity index is 1.84. The van der Waals surface area contributed by atoms with E-state index in [0.29, 0.717) is 12.3 Å². The average Bonchev–Trinajstić information content (AvgIpc) is 2.98. The lowest BCUT2D eigenvalue weighted by atomic mass is 9.84. The molecule has 0 aliphatic heterocycles. The van der Waals surface area contributed by atoms with E-state index < -0.39 is 5.97 Å². The molecule has 1 aromatic heterocycles. The van der Waals surface area contributed by atoms with Gasteiger partial charge in [-0.25, -0.2) is 4.68 Å². The first kappa shape index (κ1) is 16.4. The van der Waals surface area contributed by atoms with Crippen LogP contribution in [0.3, 0.4) is 0 Å². The Morgan fingerprint density at radius 1 is 1.32 bits per heavy atom. The van der Waals surface area contributed by atoms with Gasteiger partial charge in [0.05, 0.1) is 0 Å². The number of carboxylic acid groups (broad SMARTS) is 1. The van der Waals surface area contributed by atoms with Crippen molar-refractivity contribution >= 4 is 11.9 Å². The van der Waals surface area contributed by atoms with Crippen LogP contribution in [0.1, 0.15) is 51.4 Å². The van der Waals surface area contributed by atoms with Gasteiger partial charge in [-0.05, 0) is 29.2 Å². The number of amides is 1. The molecule has 1 heterocycles. The van der Waals surface area contributed by atoms with Crippen molar-refractivity contribution < 1.29 is 14.7 Å². The highest BCUT2D eigenvalue weighted by atomic mass is 16.4. The van der Waals surface area contributed by atoms with Crippen LogP contribution in [0.5, 0.6) is 0 Å². The Kier molecular flexibility index (Phi) is 6.29. The van der Waals surface area contributed by atoms with Crippen molar-refractivity contribution in [3.63, 3.8) is 0 Å². The summed E-state index contributed by atoms with van der Waals surface area (Å²) in [4.78, 5) is 22.8. The molecule has 8 heteroatoms. The maximum absolute atomic E-state index is 12.0. The quantitative estimate of drug-likeness (QED) is 0.741. The van der Waals surface area contributed by atoms with Crippen LogP contribution in [0.2, 0.25) is 0 Å². The molecule has 0 saturated heterocycles. The minimum atomic E-state index is -0.830. The van der Waals surface area contributed by atoms with Crippen LogP contribution >= 0.6 is 0 Å². The summed E-state index contributed by atoms with van der Waals surface area (Å²) in [7, 11) is 0. The summed E-state index contributed by atoms with van der Waals surface area (Å²) in [5.41, 5.74) is 0. The third kappa shape index (κ3) is 5.79. The number of carbonyl (C=O) groups excluding carboxylic acids is 1. The van der Waals surface area contributed by atoms with Gasteiger partial charge in [-0.2, -0.15) is 0 Å². The largest absolute Gasteiger partial charge is 0.481 e. The molecule has 1 fully saturated rings. The number of hydrogen-bond acceptors (Lipinski definition) is 5. The Bertz CT molecular complexity index is 471. The Morgan fingerprint density at radius 3 is 2.73 bits per heavy atom. The van der Waals surface area contributed by atoms with Crippen molar-refractivity contribution in [1.29, 1.82) is 0 Å².